The summed E-state index contributed by atoms with van der Waals surface area (Å²) in [5.41, 5.74) is 1.25. The monoisotopic (exact) mass is 262 g/mol. The van der Waals surface area contributed by atoms with Gasteiger partial charge in [0.2, 0.25) is 0 Å². The normalized spacial score (nSPS) is 10.6. The van der Waals surface area contributed by atoms with E-state index in [9.17, 15) is 0 Å². The van der Waals surface area contributed by atoms with Gasteiger partial charge < -0.3 is 9.30 Å². The first-order chi connectivity index (χ1) is 8.79. The minimum absolute atomic E-state index is 0.699. The molecule has 0 fully saturated rings. The number of aromatic nitrogens is 2. The Morgan fingerprint density at radius 3 is 2.78 bits per heavy atom. The minimum atomic E-state index is 0.699. The summed E-state index contributed by atoms with van der Waals surface area (Å²) in [5.74, 6) is 1.84. The number of rotatable bonds is 6. The summed E-state index contributed by atoms with van der Waals surface area (Å²) in [5, 5.41) is 1.06. The Morgan fingerprint density at radius 1 is 1.28 bits per heavy atom. The number of aryl methyl sites for hydroxylation is 2. The van der Waals surface area contributed by atoms with E-state index in [-0.39, 0.29) is 0 Å². The molecule has 0 N–H and O–H groups in total. The Kier molecular flexibility index (Phi) is 4.70. The van der Waals surface area contributed by atoms with Crippen LogP contribution in [-0.2, 0) is 6.54 Å². The molecular weight excluding hydrogens is 244 g/mol. The molecule has 0 saturated carbocycles. The van der Waals surface area contributed by atoms with Crippen LogP contribution in [0, 0.1) is 6.92 Å². The smallest absolute Gasteiger partial charge is 0.168 e. The molecule has 96 valence electrons. The predicted molar refractivity (Wildman–Crippen MR) is 75.3 cm³/mol. The standard InChI is InChI=1S/C14H18N2OS/c1-3-16-9-8-15-14(16)18-11-10-17-13-6-4-12(2)5-7-13/h4-9H,3,10-11H2,1-2H3. The van der Waals surface area contributed by atoms with Crippen molar-refractivity contribution in [3.05, 3.63) is 42.2 Å². The van der Waals surface area contributed by atoms with Gasteiger partial charge in [-0.25, -0.2) is 4.98 Å². The predicted octanol–water partition coefficient (Wildman–Crippen LogP) is 3.38. The van der Waals surface area contributed by atoms with Crippen LogP contribution in [0.15, 0.2) is 41.8 Å². The Balaban J connectivity index is 1.74. The van der Waals surface area contributed by atoms with Gasteiger partial charge in [0.15, 0.2) is 5.16 Å². The number of hydrogen-bond acceptors (Lipinski definition) is 3. The van der Waals surface area contributed by atoms with E-state index >= 15 is 0 Å². The quantitative estimate of drug-likeness (QED) is 0.590. The molecule has 0 saturated heterocycles. The first kappa shape index (κ1) is 13.0. The number of hydrogen-bond donors (Lipinski definition) is 0. The lowest BCUT2D eigenvalue weighted by molar-refractivity contribution is 0.343. The molecule has 2 rings (SSSR count). The first-order valence-corrected chi connectivity index (χ1v) is 7.11. The van der Waals surface area contributed by atoms with Crippen LogP contribution in [0.5, 0.6) is 5.75 Å². The van der Waals surface area contributed by atoms with Crippen molar-refractivity contribution >= 4 is 11.8 Å². The van der Waals surface area contributed by atoms with Crippen LogP contribution in [0.25, 0.3) is 0 Å². The van der Waals surface area contributed by atoms with E-state index in [0.29, 0.717) is 6.61 Å². The van der Waals surface area contributed by atoms with Gasteiger partial charge in [-0.2, -0.15) is 0 Å². The second-order valence-electron chi connectivity index (χ2n) is 4.01. The molecule has 4 heteroatoms. The Hall–Kier alpha value is -1.42. The lowest BCUT2D eigenvalue weighted by atomic mass is 10.2. The minimum Gasteiger partial charge on any atom is -0.493 e. The highest BCUT2D eigenvalue weighted by atomic mass is 32.2. The molecule has 18 heavy (non-hydrogen) atoms. The summed E-state index contributed by atoms with van der Waals surface area (Å²) >= 11 is 1.73. The second-order valence-corrected chi connectivity index (χ2v) is 5.07. The molecule has 2 aromatic rings. The molecular formula is C14H18N2OS. The van der Waals surface area contributed by atoms with Crippen LogP contribution in [0.2, 0.25) is 0 Å². The van der Waals surface area contributed by atoms with Crippen LogP contribution in [-0.4, -0.2) is 21.9 Å². The topological polar surface area (TPSA) is 27.1 Å². The maximum absolute atomic E-state index is 5.67. The van der Waals surface area contributed by atoms with E-state index in [2.05, 4.69) is 35.5 Å². The van der Waals surface area contributed by atoms with Crippen molar-refractivity contribution in [2.24, 2.45) is 0 Å². The lowest BCUT2D eigenvalue weighted by Crippen LogP contribution is -2.02. The fourth-order valence-corrected chi connectivity index (χ4v) is 2.44. The van der Waals surface area contributed by atoms with Crippen molar-refractivity contribution in [1.82, 2.24) is 9.55 Å². The third-order valence-corrected chi connectivity index (χ3v) is 3.59. The molecule has 0 atom stereocenters. The number of thioether (sulfide) groups is 1. The lowest BCUT2D eigenvalue weighted by Gasteiger charge is -2.07. The molecule has 0 unspecified atom stereocenters. The van der Waals surface area contributed by atoms with Gasteiger partial charge in [0, 0.05) is 24.7 Å². The molecule has 0 amide bonds. The van der Waals surface area contributed by atoms with E-state index < -0.39 is 0 Å². The van der Waals surface area contributed by atoms with E-state index in [0.717, 1.165) is 23.2 Å². The Bertz CT molecular complexity index is 479. The van der Waals surface area contributed by atoms with Gasteiger partial charge in [0.25, 0.3) is 0 Å². The Labute approximate surface area is 112 Å². The van der Waals surface area contributed by atoms with E-state index in [1.54, 1.807) is 11.8 Å². The maximum Gasteiger partial charge on any atom is 0.168 e. The van der Waals surface area contributed by atoms with Crippen molar-refractivity contribution in [3.8, 4) is 5.75 Å². The zero-order valence-corrected chi connectivity index (χ0v) is 11.6. The molecule has 0 aliphatic carbocycles. The van der Waals surface area contributed by atoms with Gasteiger partial charge in [-0.1, -0.05) is 29.5 Å². The largest absolute Gasteiger partial charge is 0.493 e. The average molecular weight is 262 g/mol. The summed E-state index contributed by atoms with van der Waals surface area (Å²) in [6.07, 6.45) is 3.84. The third kappa shape index (κ3) is 3.53. The van der Waals surface area contributed by atoms with Crippen LogP contribution >= 0.6 is 11.8 Å². The molecule has 3 nitrogen and oxygen atoms in total. The molecule has 1 aromatic carbocycles. The molecule has 0 aliphatic rings. The second kappa shape index (κ2) is 6.50. The molecule has 1 heterocycles. The van der Waals surface area contributed by atoms with Crippen LogP contribution in [0.4, 0.5) is 0 Å². The fraction of sp³-hybridized carbons (Fsp3) is 0.357. The van der Waals surface area contributed by atoms with Gasteiger partial charge in [-0.3, -0.25) is 0 Å². The molecule has 0 bridgehead atoms. The number of benzene rings is 1. The van der Waals surface area contributed by atoms with Gasteiger partial charge in [0.05, 0.1) is 6.61 Å². The van der Waals surface area contributed by atoms with E-state index in [1.165, 1.54) is 5.56 Å². The van der Waals surface area contributed by atoms with Crippen LogP contribution in [0.3, 0.4) is 0 Å². The van der Waals surface area contributed by atoms with Crippen molar-refractivity contribution in [2.45, 2.75) is 25.5 Å². The van der Waals surface area contributed by atoms with Crippen LogP contribution < -0.4 is 4.74 Å². The number of imidazole rings is 1. The summed E-state index contributed by atoms with van der Waals surface area (Å²) in [7, 11) is 0. The summed E-state index contributed by atoms with van der Waals surface area (Å²) in [6, 6.07) is 8.14. The van der Waals surface area contributed by atoms with E-state index in [1.807, 2.05) is 24.5 Å². The van der Waals surface area contributed by atoms with Crippen molar-refractivity contribution in [2.75, 3.05) is 12.4 Å². The van der Waals surface area contributed by atoms with Crippen LogP contribution in [0.1, 0.15) is 12.5 Å². The molecule has 1 aromatic heterocycles. The molecule has 0 radical (unpaired) electrons. The first-order valence-electron chi connectivity index (χ1n) is 6.13. The maximum atomic E-state index is 5.67. The average Bonchev–Trinajstić information content (AvgIpc) is 2.84. The zero-order chi connectivity index (χ0) is 12.8. The van der Waals surface area contributed by atoms with Gasteiger partial charge >= 0.3 is 0 Å². The van der Waals surface area contributed by atoms with Crippen molar-refractivity contribution in [3.63, 3.8) is 0 Å². The van der Waals surface area contributed by atoms with Gasteiger partial charge in [-0.15, -0.1) is 0 Å². The fourth-order valence-electron chi connectivity index (χ4n) is 1.60. The molecule has 0 spiro atoms. The Morgan fingerprint density at radius 2 is 2.06 bits per heavy atom. The third-order valence-electron chi connectivity index (χ3n) is 2.62. The van der Waals surface area contributed by atoms with E-state index in [4.69, 9.17) is 4.74 Å². The van der Waals surface area contributed by atoms with Gasteiger partial charge in [0.1, 0.15) is 5.75 Å². The molecule has 0 aliphatic heterocycles. The number of ether oxygens (including phenoxy) is 1. The van der Waals surface area contributed by atoms with Gasteiger partial charge in [-0.05, 0) is 26.0 Å². The number of nitrogens with zero attached hydrogens (tertiary/aromatic N) is 2. The SMILES string of the molecule is CCn1ccnc1SCCOc1ccc(C)cc1. The van der Waals surface area contributed by atoms with Crippen molar-refractivity contribution in [1.29, 1.82) is 0 Å². The summed E-state index contributed by atoms with van der Waals surface area (Å²) in [6.45, 7) is 5.85. The highest BCUT2D eigenvalue weighted by molar-refractivity contribution is 7.99. The highest BCUT2D eigenvalue weighted by Crippen LogP contribution is 2.16. The van der Waals surface area contributed by atoms with Crippen molar-refractivity contribution < 1.29 is 4.74 Å². The zero-order valence-electron chi connectivity index (χ0n) is 10.8. The highest BCUT2D eigenvalue weighted by Gasteiger charge is 2.01. The summed E-state index contributed by atoms with van der Waals surface area (Å²) < 4.78 is 7.81. The summed E-state index contributed by atoms with van der Waals surface area (Å²) in [4.78, 5) is 4.31.